The van der Waals surface area contributed by atoms with Gasteiger partial charge in [-0.05, 0) is 40.5 Å². The van der Waals surface area contributed by atoms with E-state index in [0.717, 1.165) is 32.1 Å². The molecule has 0 aromatic rings. The number of ether oxygens (including phenoxy) is 1. The molecule has 0 bridgehead atoms. The zero-order valence-electron chi connectivity index (χ0n) is 13.7. The van der Waals surface area contributed by atoms with E-state index in [9.17, 15) is 13.2 Å². The topological polar surface area (TPSA) is 75.7 Å². The van der Waals surface area contributed by atoms with Gasteiger partial charge in [-0.1, -0.05) is 19.3 Å². The first-order valence-corrected chi connectivity index (χ1v) is 8.95. The summed E-state index contributed by atoms with van der Waals surface area (Å²) in [5.41, 5.74) is -0.633. The van der Waals surface area contributed by atoms with Gasteiger partial charge in [0, 0.05) is 13.1 Å². The van der Waals surface area contributed by atoms with E-state index in [0.29, 0.717) is 0 Å². The van der Waals surface area contributed by atoms with E-state index in [1.54, 1.807) is 27.8 Å². The number of nitrogens with zero attached hydrogens (tertiary/aromatic N) is 1. The van der Waals surface area contributed by atoms with Crippen LogP contribution in [0.1, 0.15) is 59.8 Å². The van der Waals surface area contributed by atoms with Crippen LogP contribution >= 0.6 is 0 Å². The largest absolute Gasteiger partial charge is 0.459 e. The number of esters is 1. The minimum atomic E-state index is -3.68. The number of carbonyl (C=O) groups is 1. The Balaban J connectivity index is 2.64. The summed E-state index contributed by atoms with van der Waals surface area (Å²) in [6.07, 6.45) is 5.00. The minimum absolute atomic E-state index is 0.0158. The van der Waals surface area contributed by atoms with Crippen molar-refractivity contribution in [1.82, 2.24) is 9.03 Å². The first kappa shape index (κ1) is 18.4. The SMILES string of the molecule is C[C@@H](NS(=O)(=O)N(C)C1CCCCC1)C(=O)OC(C)(C)C. The van der Waals surface area contributed by atoms with Crippen LogP contribution in [0.5, 0.6) is 0 Å². The Hall–Kier alpha value is -0.660. The van der Waals surface area contributed by atoms with Gasteiger partial charge in [-0.15, -0.1) is 0 Å². The van der Waals surface area contributed by atoms with Crippen LogP contribution in [0.2, 0.25) is 0 Å². The molecule has 1 rings (SSSR count). The average molecular weight is 320 g/mol. The lowest BCUT2D eigenvalue weighted by Crippen LogP contribution is -2.50. The molecule has 0 saturated heterocycles. The summed E-state index contributed by atoms with van der Waals surface area (Å²) in [6.45, 7) is 6.75. The van der Waals surface area contributed by atoms with Crippen molar-refractivity contribution in [3.05, 3.63) is 0 Å². The van der Waals surface area contributed by atoms with Gasteiger partial charge in [-0.25, -0.2) is 0 Å². The summed E-state index contributed by atoms with van der Waals surface area (Å²) in [7, 11) is -2.11. The lowest BCUT2D eigenvalue weighted by molar-refractivity contribution is -0.156. The fourth-order valence-corrected chi connectivity index (χ4v) is 3.70. The highest BCUT2D eigenvalue weighted by molar-refractivity contribution is 7.87. The van der Waals surface area contributed by atoms with Crippen LogP contribution in [0.25, 0.3) is 0 Å². The second-order valence-corrected chi connectivity index (χ2v) is 8.45. The maximum absolute atomic E-state index is 12.3. The van der Waals surface area contributed by atoms with E-state index >= 15 is 0 Å². The van der Waals surface area contributed by atoms with E-state index in [1.807, 2.05) is 0 Å². The van der Waals surface area contributed by atoms with Crippen LogP contribution < -0.4 is 4.72 Å². The molecule has 0 amide bonds. The highest BCUT2D eigenvalue weighted by atomic mass is 32.2. The Bertz CT molecular complexity index is 450. The lowest BCUT2D eigenvalue weighted by Gasteiger charge is -2.31. The fourth-order valence-electron chi connectivity index (χ4n) is 2.39. The van der Waals surface area contributed by atoms with Gasteiger partial charge in [0.25, 0.3) is 10.2 Å². The Labute approximate surface area is 128 Å². The number of hydrogen-bond donors (Lipinski definition) is 1. The van der Waals surface area contributed by atoms with E-state index < -0.39 is 27.8 Å². The zero-order valence-corrected chi connectivity index (χ0v) is 14.5. The highest BCUT2D eigenvalue weighted by Crippen LogP contribution is 2.23. The molecule has 0 heterocycles. The predicted octanol–water partition coefficient (Wildman–Crippen LogP) is 1.82. The van der Waals surface area contributed by atoms with Gasteiger partial charge >= 0.3 is 5.97 Å². The van der Waals surface area contributed by atoms with Gasteiger partial charge < -0.3 is 4.74 Å². The summed E-state index contributed by atoms with van der Waals surface area (Å²) in [5.74, 6) is -0.567. The maximum Gasteiger partial charge on any atom is 0.324 e. The van der Waals surface area contributed by atoms with Crippen molar-refractivity contribution >= 4 is 16.2 Å². The van der Waals surface area contributed by atoms with Crippen molar-refractivity contribution in [2.75, 3.05) is 7.05 Å². The second-order valence-electron chi connectivity index (χ2n) is 6.69. The number of carbonyl (C=O) groups excluding carboxylic acids is 1. The monoisotopic (exact) mass is 320 g/mol. The molecular weight excluding hydrogens is 292 g/mol. The molecular formula is C14H28N2O4S. The standard InChI is InChI=1S/C14H28N2O4S/c1-11(13(17)20-14(2,3)4)15-21(18,19)16(5)12-9-7-6-8-10-12/h11-12,15H,6-10H2,1-5H3/t11-/m1/s1. The molecule has 0 aromatic heterocycles. The van der Waals surface area contributed by atoms with E-state index in [-0.39, 0.29) is 6.04 Å². The van der Waals surface area contributed by atoms with Gasteiger partial charge in [0.05, 0.1) is 0 Å². The van der Waals surface area contributed by atoms with Crippen molar-refractivity contribution in [2.24, 2.45) is 0 Å². The van der Waals surface area contributed by atoms with Crippen LogP contribution in [0.3, 0.4) is 0 Å². The molecule has 1 aliphatic rings. The normalized spacial score (nSPS) is 19.5. The Kier molecular flexibility index (Phi) is 6.19. The molecule has 0 radical (unpaired) electrons. The molecule has 0 aliphatic heterocycles. The predicted molar refractivity (Wildman–Crippen MR) is 82.0 cm³/mol. The third-order valence-electron chi connectivity index (χ3n) is 3.55. The van der Waals surface area contributed by atoms with Crippen LogP contribution in [0, 0.1) is 0 Å². The summed E-state index contributed by atoms with van der Waals surface area (Å²) in [5, 5.41) is 0. The summed E-state index contributed by atoms with van der Waals surface area (Å²) >= 11 is 0. The highest BCUT2D eigenvalue weighted by Gasteiger charge is 2.31. The maximum atomic E-state index is 12.3. The van der Waals surface area contributed by atoms with E-state index in [4.69, 9.17) is 4.74 Å². The smallest absolute Gasteiger partial charge is 0.324 e. The van der Waals surface area contributed by atoms with Crippen molar-refractivity contribution in [3.63, 3.8) is 0 Å². The molecule has 0 unspecified atom stereocenters. The lowest BCUT2D eigenvalue weighted by atomic mass is 9.96. The summed E-state index contributed by atoms with van der Waals surface area (Å²) in [6, 6.07) is -0.887. The Morgan fingerprint density at radius 2 is 1.76 bits per heavy atom. The molecule has 0 aromatic carbocycles. The van der Waals surface area contributed by atoms with Crippen molar-refractivity contribution in [2.45, 2.75) is 77.5 Å². The van der Waals surface area contributed by atoms with Crippen molar-refractivity contribution in [1.29, 1.82) is 0 Å². The van der Waals surface area contributed by atoms with E-state index in [2.05, 4.69) is 4.72 Å². The average Bonchev–Trinajstić information content (AvgIpc) is 2.36. The third kappa shape index (κ3) is 5.92. The van der Waals surface area contributed by atoms with Crippen LogP contribution in [0.4, 0.5) is 0 Å². The fraction of sp³-hybridized carbons (Fsp3) is 0.929. The molecule has 6 nitrogen and oxygen atoms in total. The van der Waals surface area contributed by atoms with Crippen LogP contribution in [-0.2, 0) is 19.7 Å². The van der Waals surface area contributed by atoms with Crippen molar-refractivity contribution < 1.29 is 17.9 Å². The van der Waals surface area contributed by atoms with Gasteiger partial charge in [-0.3, -0.25) is 4.79 Å². The zero-order chi connectivity index (χ0) is 16.3. The molecule has 0 spiro atoms. The van der Waals surface area contributed by atoms with Gasteiger partial charge in [0.15, 0.2) is 0 Å². The molecule has 1 saturated carbocycles. The molecule has 124 valence electrons. The molecule has 1 aliphatic carbocycles. The first-order chi connectivity index (χ1) is 9.53. The van der Waals surface area contributed by atoms with Gasteiger partial charge in [0.1, 0.15) is 11.6 Å². The second kappa shape index (κ2) is 7.07. The van der Waals surface area contributed by atoms with Crippen LogP contribution in [0.15, 0.2) is 0 Å². The Morgan fingerprint density at radius 3 is 2.24 bits per heavy atom. The number of rotatable bonds is 5. The molecule has 7 heteroatoms. The van der Waals surface area contributed by atoms with Crippen LogP contribution in [-0.4, -0.2) is 43.4 Å². The Morgan fingerprint density at radius 1 is 1.24 bits per heavy atom. The molecule has 1 fully saturated rings. The molecule has 1 N–H and O–H groups in total. The minimum Gasteiger partial charge on any atom is -0.459 e. The summed E-state index contributed by atoms with van der Waals surface area (Å²) in [4.78, 5) is 11.9. The van der Waals surface area contributed by atoms with Crippen molar-refractivity contribution in [3.8, 4) is 0 Å². The number of hydrogen-bond acceptors (Lipinski definition) is 4. The molecule has 1 atom stereocenters. The van der Waals surface area contributed by atoms with Gasteiger partial charge in [-0.2, -0.15) is 17.4 Å². The number of nitrogens with one attached hydrogen (secondary N) is 1. The molecule has 21 heavy (non-hydrogen) atoms. The summed E-state index contributed by atoms with van der Waals surface area (Å²) < 4.78 is 33.6. The first-order valence-electron chi connectivity index (χ1n) is 7.51. The van der Waals surface area contributed by atoms with E-state index in [1.165, 1.54) is 11.2 Å². The quantitative estimate of drug-likeness (QED) is 0.784. The third-order valence-corrected chi connectivity index (χ3v) is 5.26. The van der Waals surface area contributed by atoms with Gasteiger partial charge in [0.2, 0.25) is 0 Å².